The third kappa shape index (κ3) is 2.70. The molecule has 10 nitrogen and oxygen atoms in total. The molecule has 0 aliphatic carbocycles. The van der Waals surface area contributed by atoms with E-state index in [9.17, 15) is 9.59 Å². The van der Waals surface area contributed by atoms with Crippen LogP contribution in [-0.2, 0) is 11.3 Å². The average molecular weight is 333 g/mol. The summed E-state index contributed by atoms with van der Waals surface area (Å²) in [6, 6.07) is -0.365. The van der Waals surface area contributed by atoms with Crippen LogP contribution in [0.3, 0.4) is 0 Å². The molecular formula is C14H19N7O3. The number of fused-ring (bicyclic) bond motifs is 1. The molecule has 128 valence electrons. The lowest BCUT2D eigenvalue weighted by molar-refractivity contribution is -0.130. The van der Waals surface area contributed by atoms with Gasteiger partial charge in [-0.25, -0.2) is 4.79 Å². The molecule has 1 saturated heterocycles. The highest BCUT2D eigenvalue weighted by Crippen LogP contribution is 2.22. The quantitative estimate of drug-likeness (QED) is 0.745. The molecule has 1 fully saturated rings. The predicted octanol–water partition coefficient (Wildman–Crippen LogP) is 0.138. The number of nitrogen functional groups attached to an aromatic ring is 1. The van der Waals surface area contributed by atoms with Crippen LogP contribution in [0.4, 0.5) is 10.7 Å². The lowest BCUT2D eigenvalue weighted by Gasteiger charge is -2.15. The van der Waals surface area contributed by atoms with Crippen molar-refractivity contribution in [3.63, 3.8) is 0 Å². The number of aromatic nitrogens is 4. The number of nitrogens with two attached hydrogens (primary N) is 1. The number of amides is 3. The van der Waals surface area contributed by atoms with E-state index < -0.39 is 5.54 Å². The number of hydrogen-bond donors (Lipinski definition) is 2. The van der Waals surface area contributed by atoms with Gasteiger partial charge in [0, 0.05) is 19.3 Å². The van der Waals surface area contributed by atoms with E-state index in [1.54, 1.807) is 24.7 Å². The van der Waals surface area contributed by atoms with Crippen molar-refractivity contribution in [3.05, 3.63) is 6.20 Å². The van der Waals surface area contributed by atoms with Crippen LogP contribution in [0.25, 0.3) is 11.0 Å². The van der Waals surface area contributed by atoms with E-state index in [4.69, 9.17) is 10.5 Å². The summed E-state index contributed by atoms with van der Waals surface area (Å²) in [5, 5.41) is 7.62. The molecule has 0 saturated carbocycles. The SMILES string of the molecule is COc1nc(N)nc2nn(CCCN3C(=O)NC(C)(C)C3=O)cc12. The van der Waals surface area contributed by atoms with E-state index >= 15 is 0 Å². The normalized spacial score (nSPS) is 16.7. The van der Waals surface area contributed by atoms with Crippen molar-refractivity contribution in [2.75, 3.05) is 19.4 Å². The predicted molar refractivity (Wildman–Crippen MR) is 85.2 cm³/mol. The van der Waals surface area contributed by atoms with Gasteiger partial charge < -0.3 is 15.8 Å². The number of imide groups is 1. The maximum absolute atomic E-state index is 12.1. The number of anilines is 1. The van der Waals surface area contributed by atoms with E-state index in [2.05, 4.69) is 20.4 Å². The molecular weight excluding hydrogens is 314 g/mol. The summed E-state index contributed by atoms with van der Waals surface area (Å²) in [5.41, 5.74) is 5.20. The van der Waals surface area contributed by atoms with Gasteiger partial charge in [-0.15, -0.1) is 0 Å². The standard InChI is InChI=1S/C14H19N7O3/c1-14(2)11(22)21(13(23)18-14)6-4-5-20-7-8-9(19-20)16-12(15)17-10(8)24-3/h7H,4-6H2,1-3H3,(H,18,23)(H2,15,16,19). The van der Waals surface area contributed by atoms with Gasteiger partial charge in [-0.1, -0.05) is 0 Å². The Morgan fingerprint density at radius 1 is 1.29 bits per heavy atom. The molecule has 10 heteroatoms. The van der Waals surface area contributed by atoms with E-state index in [1.807, 2.05) is 0 Å². The van der Waals surface area contributed by atoms with Gasteiger partial charge in [0.25, 0.3) is 5.91 Å². The Morgan fingerprint density at radius 3 is 2.67 bits per heavy atom. The zero-order valence-corrected chi connectivity index (χ0v) is 13.7. The smallest absolute Gasteiger partial charge is 0.325 e. The summed E-state index contributed by atoms with van der Waals surface area (Å²) in [6.45, 7) is 4.19. The number of ether oxygens (including phenoxy) is 1. The molecule has 24 heavy (non-hydrogen) atoms. The molecule has 0 spiro atoms. The summed E-state index contributed by atoms with van der Waals surface area (Å²) in [4.78, 5) is 33.2. The lowest BCUT2D eigenvalue weighted by Crippen LogP contribution is -2.40. The highest BCUT2D eigenvalue weighted by molar-refractivity contribution is 6.06. The Kier molecular flexibility index (Phi) is 3.74. The first-order valence-corrected chi connectivity index (χ1v) is 7.50. The molecule has 2 aromatic rings. The fraction of sp³-hybridized carbons (Fsp3) is 0.500. The minimum Gasteiger partial charge on any atom is -0.480 e. The van der Waals surface area contributed by atoms with Gasteiger partial charge in [0.15, 0.2) is 5.65 Å². The second-order valence-electron chi connectivity index (χ2n) is 6.09. The maximum atomic E-state index is 12.1. The molecule has 0 unspecified atom stereocenters. The summed E-state index contributed by atoms with van der Waals surface area (Å²) >= 11 is 0. The van der Waals surface area contributed by atoms with Crippen LogP contribution in [0.5, 0.6) is 5.88 Å². The van der Waals surface area contributed by atoms with Crippen LogP contribution < -0.4 is 15.8 Å². The number of nitrogens with zero attached hydrogens (tertiary/aromatic N) is 5. The molecule has 3 rings (SSSR count). The van der Waals surface area contributed by atoms with Crippen LogP contribution in [-0.4, -0.2) is 55.8 Å². The van der Waals surface area contributed by atoms with E-state index in [0.29, 0.717) is 36.4 Å². The van der Waals surface area contributed by atoms with Crippen LogP contribution in [0, 0.1) is 0 Å². The zero-order valence-electron chi connectivity index (χ0n) is 13.7. The van der Waals surface area contributed by atoms with E-state index in [-0.39, 0.29) is 17.9 Å². The van der Waals surface area contributed by atoms with E-state index in [1.165, 1.54) is 12.0 Å². The maximum Gasteiger partial charge on any atom is 0.325 e. The zero-order chi connectivity index (χ0) is 17.5. The second-order valence-corrected chi connectivity index (χ2v) is 6.09. The average Bonchev–Trinajstić information content (AvgIpc) is 2.99. The number of aryl methyl sites for hydroxylation is 1. The van der Waals surface area contributed by atoms with Crippen molar-refractivity contribution in [2.45, 2.75) is 32.4 Å². The van der Waals surface area contributed by atoms with Gasteiger partial charge >= 0.3 is 6.03 Å². The Hall–Kier alpha value is -2.91. The number of carbonyl (C=O) groups excluding carboxylic acids is 2. The van der Waals surface area contributed by atoms with Gasteiger partial charge in [0.2, 0.25) is 11.8 Å². The highest BCUT2D eigenvalue weighted by atomic mass is 16.5. The Labute approximate surface area is 138 Å². The summed E-state index contributed by atoms with van der Waals surface area (Å²) in [5.74, 6) is 0.226. The van der Waals surface area contributed by atoms with Gasteiger partial charge in [-0.2, -0.15) is 15.1 Å². The summed E-state index contributed by atoms with van der Waals surface area (Å²) < 4.78 is 6.84. The Balaban J connectivity index is 1.68. The highest BCUT2D eigenvalue weighted by Gasteiger charge is 2.43. The van der Waals surface area contributed by atoms with Gasteiger partial charge in [0.05, 0.1) is 7.11 Å². The van der Waals surface area contributed by atoms with Crippen LogP contribution in [0.1, 0.15) is 20.3 Å². The number of carbonyl (C=O) groups is 2. The van der Waals surface area contributed by atoms with Crippen molar-refractivity contribution >= 4 is 28.9 Å². The van der Waals surface area contributed by atoms with Crippen molar-refractivity contribution < 1.29 is 14.3 Å². The fourth-order valence-electron chi connectivity index (χ4n) is 2.62. The fourth-order valence-corrected chi connectivity index (χ4v) is 2.62. The number of methoxy groups -OCH3 is 1. The Bertz CT molecular complexity index is 814. The van der Waals surface area contributed by atoms with Crippen molar-refractivity contribution in [1.29, 1.82) is 0 Å². The van der Waals surface area contributed by atoms with Crippen molar-refractivity contribution in [3.8, 4) is 5.88 Å². The lowest BCUT2D eigenvalue weighted by atomic mass is 10.1. The molecule has 3 heterocycles. The monoisotopic (exact) mass is 333 g/mol. The molecule has 1 aliphatic heterocycles. The first-order chi connectivity index (χ1) is 11.3. The first kappa shape index (κ1) is 16.0. The molecule has 0 atom stereocenters. The van der Waals surface area contributed by atoms with Crippen LogP contribution in [0.2, 0.25) is 0 Å². The summed E-state index contributed by atoms with van der Waals surface area (Å²) in [6.07, 6.45) is 2.32. The molecule has 3 amide bonds. The van der Waals surface area contributed by atoms with E-state index in [0.717, 1.165) is 0 Å². The van der Waals surface area contributed by atoms with Gasteiger partial charge in [-0.05, 0) is 20.3 Å². The minimum absolute atomic E-state index is 0.0890. The topological polar surface area (TPSA) is 128 Å². The molecule has 3 N–H and O–H groups in total. The van der Waals surface area contributed by atoms with Crippen LogP contribution >= 0.6 is 0 Å². The largest absolute Gasteiger partial charge is 0.480 e. The van der Waals surface area contributed by atoms with Crippen LogP contribution in [0.15, 0.2) is 6.20 Å². The van der Waals surface area contributed by atoms with Gasteiger partial charge in [-0.3, -0.25) is 14.4 Å². The summed E-state index contributed by atoms with van der Waals surface area (Å²) in [7, 11) is 1.50. The molecule has 1 aliphatic rings. The third-order valence-electron chi connectivity index (χ3n) is 3.82. The van der Waals surface area contributed by atoms with Crippen molar-refractivity contribution in [2.24, 2.45) is 0 Å². The minimum atomic E-state index is -0.849. The Morgan fingerprint density at radius 2 is 2.04 bits per heavy atom. The molecule has 2 aromatic heterocycles. The second kappa shape index (κ2) is 5.62. The number of rotatable bonds is 5. The molecule has 0 bridgehead atoms. The molecule has 0 radical (unpaired) electrons. The number of hydrogen-bond acceptors (Lipinski definition) is 7. The number of nitrogens with one attached hydrogen (secondary N) is 1. The molecule has 0 aromatic carbocycles. The van der Waals surface area contributed by atoms with Gasteiger partial charge in [0.1, 0.15) is 10.9 Å². The first-order valence-electron chi connectivity index (χ1n) is 7.50. The number of urea groups is 1. The third-order valence-corrected chi connectivity index (χ3v) is 3.82. The van der Waals surface area contributed by atoms with Crippen molar-refractivity contribution in [1.82, 2.24) is 30.0 Å².